The van der Waals surface area contributed by atoms with E-state index >= 15 is 0 Å². The maximum absolute atomic E-state index is 12.5. The van der Waals surface area contributed by atoms with Gasteiger partial charge in [0.15, 0.2) is 0 Å². The van der Waals surface area contributed by atoms with Crippen molar-refractivity contribution in [1.82, 2.24) is 0 Å². The van der Waals surface area contributed by atoms with Crippen molar-refractivity contribution in [2.45, 2.75) is 52.2 Å². The van der Waals surface area contributed by atoms with Crippen LogP contribution in [-0.4, -0.2) is 12.7 Å². The summed E-state index contributed by atoms with van der Waals surface area (Å²) in [7, 11) is 0. The van der Waals surface area contributed by atoms with Gasteiger partial charge < -0.3 is 4.74 Å². The van der Waals surface area contributed by atoms with Crippen molar-refractivity contribution in [3.63, 3.8) is 0 Å². The topological polar surface area (TPSA) is 9.23 Å². The van der Waals surface area contributed by atoms with E-state index in [1.807, 2.05) is 13.8 Å². The Kier molecular flexibility index (Phi) is 6.42. The van der Waals surface area contributed by atoms with Gasteiger partial charge in [0.1, 0.15) is 0 Å². The van der Waals surface area contributed by atoms with Crippen LogP contribution in [0.3, 0.4) is 0 Å². The summed E-state index contributed by atoms with van der Waals surface area (Å²) >= 11 is 0. The third-order valence-electron chi connectivity index (χ3n) is 1.33. The van der Waals surface area contributed by atoms with E-state index in [4.69, 9.17) is 0 Å². The first kappa shape index (κ1) is 10.8. The Morgan fingerprint density at radius 2 is 1.36 bits per heavy atom. The summed E-state index contributed by atoms with van der Waals surface area (Å²) in [6, 6.07) is 0. The highest BCUT2D eigenvalue weighted by molar-refractivity contribution is 4.45. The average molecular weight is 166 g/mol. The molecule has 0 aromatic carbocycles. The molecule has 0 amide bonds. The first-order valence-corrected chi connectivity index (χ1v) is 4.14. The summed E-state index contributed by atoms with van der Waals surface area (Å²) in [4.78, 5) is 0. The number of hydrogen-bond donors (Lipinski definition) is 0. The third kappa shape index (κ3) is 6.23. The predicted octanol–water partition coefficient (Wildman–Crippen LogP) is 3.19. The quantitative estimate of drug-likeness (QED) is 0.588. The molecule has 3 heteroatoms. The molecule has 0 fully saturated rings. The van der Waals surface area contributed by atoms with E-state index in [0.717, 1.165) is 0 Å². The van der Waals surface area contributed by atoms with Crippen LogP contribution in [-0.2, 0) is 4.74 Å². The molecule has 0 rings (SSSR count). The van der Waals surface area contributed by atoms with Crippen LogP contribution >= 0.6 is 0 Å². The first-order chi connectivity index (χ1) is 5.20. The summed E-state index contributed by atoms with van der Waals surface area (Å²) in [6.07, 6.45) is -0.933. The van der Waals surface area contributed by atoms with E-state index in [0.29, 0.717) is 12.8 Å². The molecule has 0 aliphatic carbocycles. The van der Waals surface area contributed by atoms with Crippen molar-refractivity contribution in [2.75, 3.05) is 0 Å². The molecule has 0 aromatic heterocycles. The van der Waals surface area contributed by atoms with Gasteiger partial charge in [-0.25, -0.2) is 8.78 Å². The second-order valence-electron chi connectivity index (χ2n) is 2.53. The number of hydrogen-bond acceptors (Lipinski definition) is 1. The Hall–Kier alpha value is -0.180. The fraction of sp³-hybridized carbons (Fsp3) is 1.00. The van der Waals surface area contributed by atoms with Gasteiger partial charge in [0.2, 0.25) is 12.7 Å². The lowest BCUT2D eigenvalue weighted by molar-refractivity contribution is -0.144. The standard InChI is InChI=1S/C8H16F2O/c1-3-5-7(9)11-8(10)6-4-2/h7-8H,3-6H2,1-2H3. The number of rotatable bonds is 6. The molecule has 0 saturated carbocycles. The van der Waals surface area contributed by atoms with E-state index in [2.05, 4.69) is 4.74 Å². The van der Waals surface area contributed by atoms with Crippen LogP contribution in [0.25, 0.3) is 0 Å². The molecule has 0 aliphatic heterocycles. The highest BCUT2D eigenvalue weighted by atomic mass is 19.2. The van der Waals surface area contributed by atoms with Gasteiger partial charge in [-0.05, 0) is 0 Å². The maximum Gasteiger partial charge on any atom is 0.201 e. The SMILES string of the molecule is CCCC(F)OC(F)CCC. The Labute approximate surface area is 66.7 Å². The van der Waals surface area contributed by atoms with Gasteiger partial charge in [-0.15, -0.1) is 0 Å². The molecular formula is C8H16F2O. The molecule has 11 heavy (non-hydrogen) atoms. The molecule has 68 valence electrons. The summed E-state index contributed by atoms with van der Waals surface area (Å²) in [5.74, 6) is 0. The molecule has 1 nitrogen and oxygen atoms in total. The molecule has 0 aliphatic rings. The number of alkyl halides is 2. The van der Waals surface area contributed by atoms with Crippen molar-refractivity contribution in [2.24, 2.45) is 0 Å². The highest BCUT2D eigenvalue weighted by Crippen LogP contribution is 2.11. The highest BCUT2D eigenvalue weighted by Gasteiger charge is 2.12. The molecule has 2 unspecified atom stereocenters. The first-order valence-electron chi connectivity index (χ1n) is 4.14. The zero-order valence-corrected chi connectivity index (χ0v) is 7.15. The monoisotopic (exact) mass is 166 g/mol. The van der Waals surface area contributed by atoms with Crippen LogP contribution in [0.15, 0.2) is 0 Å². The lowest BCUT2D eigenvalue weighted by atomic mass is 10.3. The average Bonchev–Trinajstić information content (AvgIpc) is 1.87. The van der Waals surface area contributed by atoms with Crippen molar-refractivity contribution in [3.05, 3.63) is 0 Å². The van der Waals surface area contributed by atoms with Gasteiger partial charge in [0, 0.05) is 12.8 Å². The molecule has 0 heterocycles. The second kappa shape index (κ2) is 6.53. The molecular weight excluding hydrogens is 150 g/mol. The zero-order valence-electron chi connectivity index (χ0n) is 7.15. The Morgan fingerprint density at radius 1 is 1.00 bits per heavy atom. The lowest BCUT2D eigenvalue weighted by Crippen LogP contribution is -2.14. The van der Waals surface area contributed by atoms with Crippen LogP contribution in [0.2, 0.25) is 0 Å². The molecule has 0 saturated heterocycles. The molecule has 0 bridgehead atoms. The van der Waals surface area contributed by atoms with E-state index < -0.39 is 12.7 Å². The van der Waals surface area contributed by atoms with Gasteiger partial charge in [-0.2, -0.15) is 0 Å². The van der Waals surface area contributed by atoms with Gasteiger partial charge in [0.05, 0.1) is 0 Å². The van der Waals surface area contributed by atoms with Crippen molar-refractivity contribution < 1.29 is 13.5 Å². The van der Waals surface area contributed by atoms with Crippen molar-refractivity contribution >= 4 is 0 Å². The van der Waals surface area contributed by atoms with Crippen LogP contribution in [0.4, 0.5) is 8.78 Å². The van der Waals surface area contributed by atoms with Crippen LogP contribution in [0, 0.1) is 0 Å². The molecule has 0 aromatic rings. The predicted molar refractivity (Wildman–Crippen MR) is 40.7 cm³/mol. The Morgan fingerprint density at radius 3 is 1.64 bits per heavy atom. The third-order valence-corrected chi connectivity index (χ3v) is 1.33. The van der Waals surface area contributed by atoms with Gasteiger partial charge in [0.25, 0.3) is 0 Å². The van der Waals surface area contributed by atoms with E-state index in [1.165, 1.54) is 0 Å². The molecule has 2 atom stereocenters. The molecule has 0 spiro atoms. The lowest BCUT2D eigenvalue weighted by Gasteiger charge is -2.11. The van der Waals surface area contributed by atoms with Crippen LogP contribution < -0.4 is 0 Å². The summed E-state index contributed by atoms with van der Waals surface area (Å²) in [5.41, 5.74) is 0. The fourth-order valence-corrected chi connectivity index (χ4v) is 0.750. The zero-order chi connectivity index (χ0) is 8.69. The van der Waals surface area contributed by atoms with E-state index in [1.54, 1.807) is 0 Å². The van der Waals surface area contributed by atoms with Crippen LogP contribution in [0.1, 0.15) is 39.5 Å². The summed E-state index contributed by atoms with van der Waals surface area (Å²) < 4.78 is 29.4. The van der Waals surface area contributed by atoms with Gasteiger partial charge in [-0.1, -0.05) is 26.7 Å². The normalized spacial score (nSPS) is 16.4. The fourth-order valence-electron chi connectivity index (χ4n) is 0.750. The van der Waals surface area contributed by atoms with Crippen molar-refractivity contribution in [1.29, 1.82) is 0 Å². The van der Waals surface area contributed by atoms with E-state index in [9.17, 15) is 8.78 Å². The number of halogens is 2. The smallest absolute Gasteiger partial charge is 0.201 e. The van der Waals surface area contributed by atoms with Crippen LogP contribution in [0.5, 0.6) is 0 Å². The maximum atomic E-state index is 12.5. The van der Waals surface area contributed by atoms with Gasteiger partial charge >= 0.3 is 0 Å². The molecule has 0 N–H and O–H groups in total. The summed E-state index contributed by atoms with van der Waals surface area (Å²) in [6.45, 7) is 3.67. The van der Waals surface area contributed by atoms with E-state index in [-0.39, 0.29) is 12.8 Å². The minimum atomic E-state index is -1.43. The minimum absolute atomic E-state index is 0.282. The van der Waals surface area contributed by atoms with Crippen molar-refractivity contribution in [3.8, 4) is 0 Å². The Bertz CT molecular complexity index is 78.2. The van der Waals surface area contributed by atoms with Gasteiger partial charge in [-0.3, -0.25) is 0 Å². The molecule has 0 radical (unpaired) electrons. The Balaban J connectivity index is 3.32. The summed E-state index contributed by atoms with van der Waals surface area (Å²) in [5, 5.41) is 0. The largest absolute Gasteiger partial charge is 0.314 e. The second-order valence-corrected chi connectivity index (χ2v) is 2.53. The minimum Gasteiger partial charge on any atom is -0.314 e. The number of ether oxygens (including phenoxy) is 1.